The molecule has 0 aromatic heterocycles. The smallest absolute Gasteiger partial charge is 0.550 e. The number of carboxylic acid groups (broad SMARTS) is 1. The van der Waals surface area contributed by atoms with Gasteiger partial charge in [-0.25, -0.2) is 0 Å². The number of esters is 1. The Balaban J connectivity index is 0.00000306. The third-order valence-corrected chi connectivity index (χ3v) is 8.79. The van der Waals surface area contributed by atoms with Crippen LogP contribution in [0.2, 0.25) is 0 Å². The summed E-state index contributed by atoms with van der Waals surface area (Å²) in [5.41, 5.74) is 0.387. The number of aliphatic hydroxyl groups is 1. The molecule has 0 saturated heterocycles. The molecule has 4 aliphatic rings. The van der Waals surface area contributed by atoms with E-state index in [0.717, 1.165) is 24.8 Å². The van der Waals surface area contributed by atoms with Gasteiger partial charge in [0.15, 0.2) is 11.6 Å². The molecular formula is C25H31NaO7. The van der Waals surface area contributed by atoms with Gasteiger partial charge in [0.2, 0.25) is 0 Å². The van der Waals surface area contributed by atoms with Crippen molar-refractivity contribution in [3.8, 4) is 0 Å². The Morgan fingerprint density at radius 2 is 1.91 bits per heavy atom. The number of ether oxygens (including phenoxy) is 1. The van der Waals surface area contributed by atoms with Gasteiger partial charge in [-0.1, -0.05) is 25.5 Å². The molecule has 0 bridgehead atoms. The number of aliphatic hydroxyl groups excluding tert-OH is 1. The second-order valence-corrected chi connectivity index (χ2v) is 10.4. The summed E-state index contributed by atoms with van der Waals surface area (Å²) in [5.74, 6) is -1.95. The van der Waals surface area contributed by atoms with E-state index in [0.29, 0.717) is 12.8 Å². The van der Waals surface area contributed by atoms with Crippen LogP contribution in [0.3, 0.4) is 0 Å². The summed E-state index contributed by atoms with van der Waals surface area (Å²) in [4.78, 5) is 47.1. The van der Waals surface area contributed by atoms with Crippen molar-refractivity contribution >= 4 is 23.5 Å². The van der Waals surface area contributed by atoms with E-state index in [-0.39, 0.29) is 88.7 Å². The average Bonchev–Trinajstić information content (AvgIpc) is 3.07. The topological polar surface area (TPSA) is 121 Å². The van der Waals surface area contributed by atoms with Crippen LogP contribution in [0.15, 0.2) is 23.8 Å². The largest absolute Gasteiger partial charge is 1.00 e. The second-order valence-electron chi connectivity index (χ2n) is 10.4. The minimum Gasteiger partial charge on any atom is -0.550 e. The zero-order chi connectivity index (χ0) is 23.3. The first kappa shape index (κ1) is 26.3. The average molecular weight is 467 g/mol. The minimum atomic E-state index is -1.33. The number of carbonyl (C=O) groups is 4. The van der Waals surface area contributed by atoms with Gasteiger partial charge in [-0.15, -0.1) is 0 Å². The molecule has 3 saturated carbocycles. The first-order valence-corrected chi connectivity index (χ1v) is 11.6. The number of aliphatic carboxylic acids is 1. The van der Waals surface area contributed by atoms with E-state index in [1.54, 1.807) is 12.2 Å². The standard InChI is InChI=1S/C25H32O7.Na/c1-24-10-9-15(26)11-14(24)3-4-16-17-5-6-18(25(17,2)12-19(27)23(16)24)20(28)13-32-22(31)8-7-21(29)30;/h9-11,16-19,23,27H,3-8,12-13H2,1-2H3,(H,29,30);/q;+1/p-1. The summed E-state index contributed by atoms with van der Waals surface area (Å²) in [6, 6.07) is 0. The van der Waals surface area contributed by atoms with Crippen molar-refractivity contribution in [2.75, 3.05) is 6.61 Å². The van der Waals surface area contributed by atoms with Gasteiger partial charge in [0.25, 0.3) is 0 Å². The molecule has 7 unspecified atom stereocenters. The van der Waals surface area contributed by atoms with Gasteiger partial charge in [0.1, 0.15) is 6.61 Å². The van der Waals surface area contributed by atoms with E-state index < -0.39 is 24.5 Å². The number of carbonyl (C=O) groups excluding carboxylic acids is 4. The molecule has 1 N–H and O–H groups in total. The number of fused-ring (bicyclic) bond motifs is 5. The van der Waals surface area contributed by atoms with Crippen molar-refractivity contribution in [3.63, 3.8) is 0 Å². The Bertz CT molecular complexity index is 908. The fourth-order valence-electron chi connectivity index (χ4n) is 7.38. The predicted molar refractivity (Wildman–Crippen MR) is 112 cm³/mol. The van der Waals surface area contributed by atoms with Gasteiger partial charge >= 0.3 is 35.5 Å². The van der Waals surface area contributed by atoms with Crippen molar-refractivity contribution in [2.45, 2.75) is 64.9 Å². The number of allylic oxidation sites excluding steroid dienone is 4. The molecule has 0 radical (unpaired) electrons. The van der Waals surface area contributed by atoms with E-state index in [4.69, 9.17) is 4.74 Å². The number of hydrogen-bond acceptors (Lipinski definition) is 7. The maximum atomic E-state index is 13.0. The van der Waals surface area contributed by atoms with E-state index in [1.807, 2.05) is 6.08 Å². The zero-order valence-corrected chi connectivity index (χ0v) is 21.7. The van der Waals surface area contributed by atoms with Gasteiger partial charge in [-0.2, -0.15) is 0 Å². The summed E-state index contributed by atoms with van der Waals surface area (Å²) in [5, 5.41) is 21.8. The molecule has 7 atom stereocenters. The Kier molecular flexibility index (Phi) is 7.79. The number of ketones is 2. The molecule has 33 heavy (non-hydrogen) atoms. The number of carboxylic acids is 1. The molecule has 0 aliphatic heterocycles. The predicted octanol–water partition coefficient (Wildman–Crippen LogP) is -1.47. The summed E-state index contributed by atoms with van der Waals surface area (Å²) in [6.07, 6.45) is 7.77. The van der Waals surface area contributed by atoms with Crippen molar-refractivity contribution < 1.29 is 63.7 Å². The number of hydrogen-bond donors (Lipinski definition) is 1. The van der Waals surface area contributed by atoms with Crippen molar-refractivity contribution in [1.82, 2.24) is 0 Å². The van der Waals surface area contributed by atoms with Crippen molar-refractivity contribution in [1.29, 1.82) is 0 Å². The van der Waals surface area contributed by atoms with Gasteiger partial charge in [-0.05, 0) is 67.9 Å². The normalized spacial score (nSPS) is 38.8. The van der Waals surface area contributed by atoms with Gasteiger partial charge in [-0.3, -0.25) is 14.4 Å². The molecule has 4 aliphatic carbocycles. The third kappa shape index (κ3) is 4.66. The van der Waals surface area contributed by atoms with Gasteiger partial charge in [0, 0.05) is 23.2 Å². The first-order valence-electron chi connectivity index (χ1n) is 11.6. The fraction of sp³-hybridized carbons (Fsp3) is 0.680. The molecule has 8 heteroatoms. The van der Waals surface area contributed by atoms with Crippen molar-refractivity contribution in [3.05, 3.63) is 23.8 Å². The van der Waals surface area contributed by atoms with Crippen LogP contribution < -0.4 is 34.7 Å². The SMILES string of the molecule is CC12C=CC(=O)C=C1CCC1C2C(O)CC2(C)C(C(=O)COC(=O)CCC(=O)[O-])CCC12.[Na+]. The van der Waals surface area contributed by atoms with Crippen LogP contribution in [-0.2, 0) is 23.9 Å². The molecule has 3 fully saturated rings. The monoisotopic (exact) mass is 466 g/mol. The molecule has 0 amide bonds. The van der Waals surface area contributed by atoms with Crippen LogP contribution >= 0.6 is 0 Å². The van der Waals surface area contributed by atoms with E-state index >= 15 is 0 Å². The summed E-state index contributed by atoms with van der Waals surface area (Å²) in [7, 11) is 0. The maximum Gasteiger partial charge on any atom is 1.00 e. The van der Waals surface area contributed by atoms with Crippen LogP contribution in [0.1, 0.15) is 58.8 Å². The summed E-state index contributed by atoms with van der Waals surface area (Å²) >= 11 is 0. The van der Waals surface area contributed by atoms with E-state index in [9.17, 15) is 29.4 Å². The number of rotatable bonds is 6. The van der Waals surface area contributed by atoms with Gasteiger partial charge in [0.05, 0.1) is 12.5 Å². The minimum absolute atomic E-state index is 0. The summed E-state index contributed by atoms with van der Waals surface area (Å²) < 4.78 is 5.03. The molecule has 7 nitrogen and oxygen atoms in total. The Morgan fingerprint density at radius 3 is 2.61 bits per heavy atom. The molecule has 0 aromatic carbocycles. The molecule has 0 heterocycles. The van der Waals surface area contributed by atoms with Crippen molar-refractivity contribution in [2.24, 2.45) is 34.5 Å². The Hall–Kier alpha value is -1.28. The summed E-state index contributed by atoms with van der Waals surface area (Å²) in [6.45, 7) is 3.84. The molecule has 174 valence electrons. The van der Waals surface area contributed by atoms with Crippen LogP contribution in [0.25, 0.3) is 0 Å². The van der Waals surface area contributed by atoms with Crippen LogP contribution in [0.4, 0.5) is 0 Å². The molecule has 0 aromatic rings. The van der Waals surface area contributed by atoms with Crippen LogP contribution in [-0.4, -0.2) is 41.3 Å². The maximum absolute atomic E-state index is 13.0. The second kappa shape index (κ2) is 9.76. The third-order valence-electron chi connectivity index (χ3n) is 8.79. The first-order chi connectivity index (χ1) is 15.1. The van der Waals surface area contributed by atoms with Gasteiger partial charge < -0.3 is 19.7 Å². The quantitative estimate of drug-likeness (QED) is 0.375. The molecule has 0 spiro atoms. The van der Waals surface area contributed by atoms with Crippen LogP contribution in [0, 0.1) is 34.5 Å². The van der Waals surface area contributed by atoms with E-state index in [2.05, 4.69) is 13.8 Å². The molecule has 4 rings (SSSR count). The fourth-order valence-corrected chi connectivity index (χ4v) is 7.38. The Morgan fingerprint density at radius 1 is 1.18 bits per heavy atom. The zero-order valence-electron chi connectivity index (χ0n) is 19.7. The number of Topliss-reactive ketones (excluding diaryl/α,β-unsaturated/α-hetero) is 1. The van der Waals surface area contributed by atoms with Crippen LogP contribution in [0.5, 0.6) is 0 Å². The Labute approximate surface area is 216 Å². The van der Waals surface area contributed by atoms with E-state index in [1.165, 1.54) is 0 Å². The molecular weight excluding hydrogens is 435 g/mol.